The molecule has 0 aliphatic carbocycles. The van der Waals surface area contributed by atoms with Crippen LogP contribution in [0.5, 0.6) is 5.75 Å². The van der Waals surface area contributed by atoms with Gasteiger partial charge in [-0.05, 0) is 31.4 Å². The Morgan fingerprint density at radius 3 is 2.60 bits per heavy atom. The van der Waals surface area contributed by atoms with Gasteiger partial charge in [0.25, 0.3) is 0 Å². The number of aryl methyl sites for hydroxylation is 1. The molecule has 0 aliphatic rings. The fraction of sp³-hybridized carbons (Fsp3) is 0.455. The molecule has 0 bridgehead atoms. The molecule has 0 spiro atoms. The van der Waals surface area contributed by atoms with Crippen LogP contribution in [0.3, 0.4) is 0 Å². The van der Waals surface area contributed by atoms with Crippen molar-refractivity contribution in [2.24, 2.45) is 0 Å². The van der Waals surface area contributed by atoms with E-state index < -0.39 is 6.61 Å². The predicted molar refractivity (Wildman–Crippen MR) is 56.7 cm³/mol. The molecule has 0 saturated heterocycles. The van der Waals surface area contributed by atoms with E-state index in [2.05, 4.69) is 4.74 Å². The molecule has 0 saturated carbocycles. The molecular weight excluding hydrogens is 222 g/mol. The zero-order chi connectivity index (χ0) is 11.3. The van der Waals surface area contributed by atoms with E-state index in [4.69, 9.17) is 11.6 Å². The highest BCUT2D eigenvalue weighted by molar-refractivity contribution is 6.20. The Labute approximate surface area is 93.0 Å². The van der Waals surface area contributed by atoms with Crippen molar-refractivity contribution in [3.8, 4) is 5.75 Å². The molecule has 0 aliphatic heterocycles. The van der Waals surface area contributed by atoms with Gasteiger partial charge in [0, 0.05) is 5.38 Å². The quantitative estimate of drug-likeness (QED) is 0.704. The third kappa shape index (κ3) is 4.47. The van der Waals surface area contributed by atoms with E-state index in [0.717, 1.165) is 12.0 Å². The van der Waals surface area contributed by atoms with E-state index in [1.54, 1.807) is 24.3 Å². The standard InChI is InChI=1S/C11H13ClF2O/c1-8(12)6-7-9-4-2-3-5-10(9)15-11(13)14/h2-5,8,11H,6-7H2,1H3. The average Bonchev–Trinajstić information content (AvgIpc) is 2.15. The summed E-state index contributed by atoms with van der Waals surface area (Å²) in [5.74, 6) is 0.241. The van der Waals surface area contributed by atoms with Crippen molar-refractivity contribution in [2.75, 3.05) is 0 Å². The molecule has 1 unspecified atom stereocenters. The molecule has 1 aromatic rings. The van der Waals surface area contributed by atoms with Crippen molar-refractivity contribution in [3.63, 3.8) is 0 Å². The van der Waals surface area contributed by atoms with Crippen LogP contribution in [0.15, 0.2) is 24.3 Å². The summed E-state index contributed by atoms with van der Waals surface area (Å²) < 4.78 is 28.5. The van der Waals surface area contributed by atoms with E-state index in [-0.39, 0.29) is 11.1 Å². The molecule has 0 fully saturated rings. The second-order valence-electron chi connectivity index (χ2n) is 3.31. The van der Waals surface area contributed by atoms with E-state index >= 15 is 0 Å². The molecule has 1 nitrogen and oxygen atoms in total. The SMILES string of the molecule is CC(Cl)CCc1ccccc1OC(F)F. The Bertz CT molecular complexity index is 302. The molecule has 0 radical (unpaired) electrons. The maximum absolute atomic E-state index is 12.1. The first-order valence-corrected chi connectivity index (χ1v) is 5.20. The second-order valence-corrected chi connectivity index (χ2v) is 4.05. The fourth-order valence-corrected chi connectivity index (χ4v) is 1.38. The van der Waals surface area contributed by atoms with E-state index in [0.29, 0.717) is 6.42 Å². The summed E-state index contributed by atoms with van der Waals surface area (Å²) in [7, 11) is 0. The van der Waals surface area contributed by atoms with Gasteiger partial charge in [0.1, 0.15) is 5.75 Å². The van der Waals surface area contributed by atoms with Gasteiger partial charge in [-0.25, -0.2) is 0 Å². The Hall–Kier alpha value is -0.830. The zero-order valence-electron chi connectivity index (χ0n) is 8.42. The molecule has 84 valence electrons. The number of alkyl halides is 3. The molecule has 0 aromatic heterocycles. The minimum Gasteiger partial charge on any atom is -0.435 e. The maximum Gasteiger partial charge on any atom is 0.387 e. The third-order valence-electron chi connectivity index (χ3n) is 2.00. The lowest BCUT2D eigenvalue weighted by Crippen LogP contribution is -2.05. The second kappa shape index (κ2) is 5.91. The summed E-state index contributed by atoms with van der Waals surface area (Å²) in [6.45, 7) is -0.905. The van der Waals surface area contributed by atoms with Gasteiger partial charge in [-0.3, -0.25) is 0 Å². The van der Waals surface area contributed by atoms with Crippen LogP contribution >= 0.6 is 11.6 Å². The summed E-state index contributed by atoms with van der Waals surface area (Å²) in [6, 6.07) is 6.79. The topological polar surface area (TPSA) is 9.23 Å². The largest absolute Gasteiger partial charge is 0.435 e. The van der Waals surface area contributed by atoms with Crippen LogP contribution < -0.4 is 4.74 Å². The van der Waals surface area contributed by atoms with Gasteiger partial charge in [-0.15, -0.1) is 11.6 Å². The van der Waals surface area contributed by atoms with Gasteiger partial charge in [0.2, 0.25) is 0 Å². The Morgan fingerprint density at radius 1 is 1.33 bits per heavy atom. The van der Waals surface area contributed by atoms with Crippen LogP contribution in [0.2, 0.25) is 0 Å². The molecule has 1 atom stereocenters. The first kappa shape index (κ1) is 12.2. The van der Waals surface area contributed by atoms with Crippen molar-refractivity contribution >= 4 is 11.6 Å². The summed E-state index contributed by atoms with van der Waals surface area (Å²) in [5, 5.41) is 0.0320. The fourth-order valence-electron chi connectivity index (χ4n) is 1.28. The van der Waals surface area contributed by atoms with Crippen molar-refractivity contribution in [1.29, 1.82) is 0 Å². The van der Waals surface area contributed by atoms with Crippen molar-refractivity contribution in [1.82, 2.24) is 0 Å². The van der Waals surface area contributed by atoms with Gasteiger partial charge in [0.05, 0.1) is 0 Å². The normalized spacial score (nSPS) is 12.9. The average molecular weight is 235 g/mol. The highest BCUT2D eigenvalue weighted by Gasteiger charge is 2.09. The summed E-state index contributed by atoms with van der Waals surface area (Å²) in [4.78, 5) is 0. The smallest absolute Gasteiger partial charge is 0.387 e. The summed E-state index contributed by atoms with van der Waals surface area (Å²) in [5.41, 5.74) is 0.769. The molecule has 1 rings (SSSR count). The van der Waals surface area contributed by atoms with Crippen LogP contribution in [0.4, 0.5) is 8.78 Å². The van der Waals surface area contributed by atoms with E-state index in [1.165, 1.54) is 0 Å². The van der Waals surface area contributed by atoms with Crippen molar-refractivity contribution in [2.45, 2.75) is 31.8 Å². The first-order valence-electron chi connectivity index (χ1n) is 4.76. The Kier molecular flexibility index (Phi) is 4.82. The third-order valence-corrected chi connectivity index (χ3v) is 2.22. The summed E-state index contributed by atoms with van der Waals surface area (Å²) >= 11 is 5.80. The molecule has 0 amide bonds. The first-order chi connectivity index (χ1) is 7.09. The summed E-state index contributed by atoms with van der Waals surface area (Å²) in [6.07, 6.45) is 1.39. The Morgan fingerprint density at radius 2 is 2.00 bits per heavy atom. The molecule has 0 heterocycles. The number of halogens is 3. The lowest BCUT2D eigenvalue weighted by Gasteiger charge is -2.10. The van der Waals surface area contributed by atoms with Crippen LogP contribution in [-0.2, 0) is 6.42 Å². The molecule has 4 heteroatoms. The number of benzene rings is 1. The number of hydrogen-bond acceptors (Lipinski definition) is 1. The van der Waals surface area contributed by atoms with Crippen LogP contribution in [0, 0.1) is 0 Å². The zero-order valence-corrected chi connectivity index (χ0v) is 9.18. The lowest BCUT2D eigenvalue weighted by molar-refractivity contribution is -0.0504. The monoisotopic (exact) mass is 234 g/mol. The van der Waals surface area contributed by atoms with Crippen LogP contribution in [-0.4, -0.2) is 12.0 Å². The highest BCUT2D eigenvalue weighted by atomic mass is 35.5. The van der Waals surface area contributed by atoms with Gasteiger partial charge in [0.15, 0.2) is 0 Å². The number of hydrogen-bond donors (Lipinski definition) is 0. The van der Waals surface area contributed by atoms with Crippen LogP contribution in [0.1, 0.15) is 18.9 Å². The van der Waals surface area contributed by atoms with Gasteiger partial charge in [-0.1, -0.05) is 18.2 Å². The van der Waals surface area contributed by atoms with Crippen molar-refractivity contribution < 1.29 is 13.5 Å². The molecule has 1 aromatic carbocycles. The number of rotatable bonds is 5. The number of ether oxygens (including phenoxy) is 1. The van der Waals surface area contributed by atoms with Gasteiger partial charge in [-0.2, -0.15) is 8.78 Å². The van der Waals surface area contributed by atoms with E-state index in [9.17, 15) is 8.78 Å². The van der Waals surface area contributed by atoms with Crippen molar-refractivity contribution in [3.05, 3.63) is 29.8 Å². The minimum absolute atomic E-state index is 0.0320. The van der Waals surface area contributed by atoms with Crippen LogP contribution in [0.25, 0.3) is 0 Å². The number of para-hydroxylation sites is 1. The van der Waals surface area contributed by atoms with Gasteiger partial charge < -0.3 is 4.74 Å². The predicted octanol–water partition coefficient (Wildman–Crippen LogP) is 3.85. The molecule has 0 N–H and O–H groups in total. The van der Waals surface area contributed by atoms with E-state index in [1.807, 2.05) is 6.92 Å². The molecule has 15 heavy (non-hydrogen) atoms. The molecular formula is C11H13ClF2O. The minimum atomic E-state index is -2.78. The maximum atomic E-state index is 12.1. The Balaban J connectivity index is 2.68. The highest BCUT2D eigenvalue weighted by Crippen LogP contribution is 2.22. The lowest BCUT2D eigenvalue weighted by atomic mass is 10.1. The van der Waals surface area contributed by atoms with Gasteiger partial charge >= 0.3 is 6.61 Å².